The molecule has 3 rings (SSSR count). The highest BCUT2D eigenvalue weighted by Crippen LogP contribution is 2.34. The highest BCUT2D eigenvalue weighted by Gasteiger charge is 2.31. The monoisotopic (exact) mass is 418 g/mol. The van der Waals surface area contributed by atoms with Crippen LogP contribution < -0.4 is 0 Å². The van der Waals surface area contributed by atoms with Crippen molar-refractivity contribution >= 4 is 35.1 Å². The molecule has 0 N–H and O–H groups in total. The predicted molar refractivity (Wildman–Crippen MR) is 92.4 cm³/mol. The van der Waals surface area contributed by atoms with E-state index < -0.39 is 11.7 Å². The first kappa shape index (κ1) is 19.0. The lowest BCUT2D eigenvalue weighted by Gasteiger charge is -2.08. The van der Waals surface area contributed by atoms with Crippen LogP contribution in [0, 0.1) is 6.92 Å². The lowest BCUT2D eigenvalue weighted by atomic mass is 10.1. The molecule has 5 nitrogen and oxygen atoms in total. The number of rotatable bonds is 4. The Kier molecular flexibility index (Phi) is 5.44. The Hall–Kier alpha value is -1.78. The molecule has 0 spiro atoms. The van der Waals surface area contributed by atoms with Crippen LogP contribution in [0.15, 0.2) is 44.1 Å². The van der Waals surface area contributed by atoms with E-state index in [0.717, 1.165) is 23.9 Å². The van der Waals surface area contributed by atoms with Crippen LogP contribution in [0.5, 0.6) is 0 Å². The van der Waals surface area contributed by atoms with Gasteiger partial charge in [-0.2, -0.15) is 13.2 Å². The molecule has 2 aromatic heterocycles. The maximum absolute atomic E-state index is 13.0. The molecule has 11 heteroatoms. The molecule has 2 heterocycles. The highest BCUT2D eigenvalue weighted by atomic mass is 35.5. The van der Waals surface area contributed by atoms with Crippen LogP contribution in [0.1, 0.15) is 11.1 Å². The summed E-state index contributed by atoms with van der Waals surface area (Å²) in [7, 11) is 0. The van der Waals surface area contributed by atoms with Crippen LogP contribution in [-0.2, 0) is 6.18 Å². The van der Waals surface area contributed by atoms with E-state index in [-0.39, 0.29) is 21.8 Å². The molecule has 0 aliphatic heterocycles. The number of hydrogen-bond donors (Lipinski definition) is 0. The second-order valence-electron chi connectivity index (χ2n) is 5.08. The van der Waals surface area contributed by atoms with E-state index in [4.69, 9.17) is 16.0 Å². The Morgan fingerprint density at radius 2 is 1.85 bits per heavy atom. The van der Waals surface area contributed by atoms with Crippen molar-refractivity contribution in [1.29, 1.82) is 0 Å². The van der Waals surface area contributed by atoms with Crippen molar-refractivity contribution < 1.29 is 17.6 Å². The first-order valence-corrected chi connectivity index (χ1v) is 9.46. The van der Waals surface area contributed by atoms with Gasteiger partial charge in [0.15, 0.2) is 5.16 Å². The molecule has 0 aliphatic rings. The van der Waals surface area contributed by atoms with Crippen molar-refractivity contribution in [3.63, 3.8) is 0 Å². The smallest absolute Gasteiger partial charge is 0.411 e. The van der Waals surface area contributed by atoms with Gasteiger partial charge < -0.3 is 4.42 Å². The molecule has 136 valence electrons. The summed E-state index contributed by atoms with van der Waals surface area (Å²) in [6.07, 6.45) is -2.65. The molecule has 3 aromatic rings. The number of nitrogens with zero attached hydrogens (tertiary/aromatic N) is 4. The quantitative estimate of drug-likeness (QED) is 0.320. The number of aromatic nitrogens is 4. The van der Waals surface area contributed by atoms with Crippen molar-refractivity contribution in [2.75, 3.05) is 6.26 Å². The number of hydrogen-bond acceptors (Lipinski definition) is 7. The van der Waals surface area contributed by atoms with E-state index in [0.29, 0.717) is 15.7 Å². The number of thioether (sulfide) groups is 1. The summed E-state index contributed by atoms with van der Waals surface area (Å²) in [5.41, 5.74) is -0.135. The third kappa shape index (κ3) is 4.49. The van der Waals surface area contributed by atoms with Crippen LogP contribution in [0.2, 0.25) is 5.15 Å². The Morgan fingerprint density at radius 3 is 2.54 bits per heavy atom. The molecule has 0 saturated heterocycles. The van der Waals surface area contributed by atoms with Crippen molar-refractivity contribution in [3.8, 4) is 11.5 Å². The zero-order valence-electron chi connectivity index (χ0n) is 13.3. The van der Waals surface area contributed by atoms with E-state index in [1.54, 1.807) is 19.2 Å². The summed E-state index contributed by atoms with van der Waals surface area (Å²) in [4.78, 5) is 8.26. The van der Waals surface area contributed by atoms with Gasteiger partial charge in [0.2, 0.25) is 5.89 Å². The summed E-state index contributed by atoms with van der Waals surface area (Å²) in [6, 6.07) is 5.11. The van der Waals surface area contributed by atoms with Gasteiger partial charge in [-0.05, 0) is 48.7 Å². The molecule has 0 fully saturated rings. The summed E-state index contributed by atoms with van der Waals surface area (Å²) >= 11 is 8.29. The van der Waals surface area contributed by atoms with Crippen LogP contribution in [0.4, 0.5) is 13.2 Å². The van der Waals surface area contributed by atoms with Crippen LogP contribution in [0.3, 0.4) is 0 Å². The van der Waals surface area contributed by atoms with Gasteiger partial charge in [-0.3, -0.25) is 0 Å². The predicted octanol–water partition coefficient (Wildman–Crippen LogP) is 5.38. The van der Waals surface area contributed by atoms with Gasteiger partial charge in [-0.25, -0.2) is 9.97 Å². The van der Waals surface area contributed by atoms with Crippen LogP contribution in [0.25, 0.3) is 11.5 Å². The zero-order valence-corrected chi connectivity index (χ0v) is 15.7. The molecule has 0 amide bonds. The van der Waals surface area contributed by atoms with E-state index in [9.17, 15) is 13.2 Å². The minimum atomic E-state index is -4.45. The number of alkyl halides is 3. The van der Waals surface area contributed by atoms with Gasteiger partial charge in [-0.15, -0.1) is 10.2 Å². The Morgan fingerprint density at radius 1 is 1.08 bits per heavy atom. The highest BCUT2D eigenvalue weighted by molar-refractivity contribution is 7.99. The van der Waals surface area contributed by atoms with E-state index in [1.165, 1.54) is 17.8 Å². The van der Waals surface area contributed by atoms with Crippen molar-refractivity contribution in [3.05, 3.63) is 40.5 Å². The average molecular weight is 419 g/mol. The molecular formula is C15H10ClF3N4OS2. The van der Waals surface area contributed by atoms with Crippen molar-refractivity contribution in [2.45, 2.75) is 28.5 Å². The van der Waals surface area contributed by atoms with Gasteiger partial charge in [0.05, 0.1) is 5.56 Å². The molecule has 0 aliphatic carbocycles. The minimum absolute atomic E-state index is 0.00746. The molecule has 26 heavy (non-hydrogen) atoms. The largest absolute Gasteiger partial charge is 0.416 e. The van der Waals surface area contributed by atoms with Crippen LogP contribution >= 0.6 is 35.1 Å². The van der Waals surface area contributed by atoms with Crippen molar-refractivity contribution in [2.24, 2.45) is 0 Å². The molecule has 0 radical (unpaired) electrons. The lowest BCUT2D eigenvalue weighted by Crippen LogP contribution is -2.05. The third-order valence-electron chi connectivity index (χ3n) is 3.08. The van der Waals surface area contributed by atoms with Gasteiger partial charge in [-0.1, -0.05) is 23.4 Å². The van der Waals surface area contributed by atoms with E-state index in [2.05, 4.69) is 20.2 Å². The molecule has 0 unspecified atom stereocenters. The Bertz CT molecular complexity index is 949. The summed E-state index contributed by atoms with van der Waals surface area (Å²) < 4.78 is 44.4. The second kappa shape index (κ2) is 7.45. The first-order valence-electron chi connectivity index (χ1n) is 7.04. The minimum Gasteiger partial charge on any atom is -0.411 e. The van der Waals surface area contributed by atoms with Crippen molar-refractivity contribution in [1.82, 2.24) is 20.2 Å². The topological polar surface area (TPSA) is 64.7 Å². The van der Waals surface area contributed by atoms with E-state index >= 15 is 0 Å². The molecule has 1 aromatic carbocycles. The van der Waals surface area contributed by atoms with Gasteiger partial charge in [0.25, 0.3) is 5.22 Å². The Balaban J connectivity index is 1.89. The fourth-order valence-corrected chi connectivity index (χ4v) is 3.47. The summed E-state index contributed by atoms with van der Waals surface area (Å²) in [6.45, 7) is 1.57. The lowest BCUT2D eigenvalue weighted by molar-refractivity contribution is -0.137. The second-order valence-corrected chi connectivity index (χ2v) is 7.21. The maximum atomic E-state index is 13.0. The summed E-state index contributed by atoms with van der Waals surface area (Å²) in [5.74, 6) is -0.00746. The fourth-order valence-electron chi connectivity index (χ4n) is 2.05. The maximum Gasteiger partial charge on any atom is 0.416 e. The number of halogens is 4. The molecule has 0 saturated carbocycles. The summed E-state index contributed by atoms with van der Waals surface area (Å²) in [5, 5.41) is 9.05. The SMILES string of the molecule is CSc1nc(Cl)cc(Sc2nnc(-c3cc(C)cc(C(F)(F)F)c3)o2)n1. The van der Waals surface area contributed by atoms with Gasteiger partial charge >= 0.3 is 6.18 Å². The standard InChI is InChI=1S/C15H10ClF3N4OS2/c1-7-3-8(5-9(4-7)15(17,18)19)12-22-23-14(24-12)26-11-6-10(16)20-13(21-11)25-2/h3-6H,1-2H3. The third-order valence-corrected chi connectivity index (χ3v) is 4.58. The normalized spacial score (nSPS) is 11.8. The molecular weight excluding hydrogens is 409 g/mol. The number of benzene rings is 1. The van der Waals surface area contributed by atoms with Gasteiger partial charge in [0, 0.05) is 11.6 Å². The van der Waals surface area contributed by atoms with Gasteiger partial charge in [0.1, 0.15) is 10.2 Å². The molecule has 0 atom stereocenters. The molecule has 0 bridgehead atoms. The fraction of sp³-hybridized carbons (Fsp3) is 0.200. The number of aryl methyl sites for hydroxylation is 1. The average Bonchev–Trinajstić information content (AvgIpc) is 3.01. The Labute approximate surface area is 159 Å². The van der Waals surface area contributed by atoms with E-state index in [1.807, 2.05) is 0 Å². The van der Waals surface area contributed by atoms with Crippen LogP contribution in [-0.4, -0.2) is 26.4 Å². The first-order chi connectivity index (χ1) is 12.2. The zero-order chi connectivity index (χ0) is 18.9.